The number of nitrogens with one attached hydrogen (secondary N) is 1. The molecular formula is C18H21NO. The third-order valence-electron chi connectivity index (χ3n) is 4.12. The summed E-state index contributed by atoms with van der Waals surface area (Å²) < 4.78 is 5.32. The molecule has 0 spiro atoms. The van der Waals surface area contributed by atoms with Gasteiger partial charge in [-0.25, -0.2) is 0 Å². The van der Waals surface area contributed by atoms with Gasteiger partial charge in [0.2, 0.25) is 0 Å². The average molecular weight is 267 g/mol. The maximum atomic E-state index is 5.32. The van der Waals surface area contributed by atoms with Crippen molar-refractivity contribution in [1.82, 2.24) is 5.32 Å². The van der Waals surface area contributed by atoms with Crippen molar-refractivity contribution in [3.63, 3.8) is 0 Å². The van der Waals surface area contributed by atoms with Crippen molar-refractivity contribution in [2.24, 2.45) is 0 Å². The molecule has 1 unspecified atom stereocenters. The fourth-order valence-electron chi connectivity index (χ4n) is 2.99. The molecule has 0 bridgehead atoms. The maximum Gasteiger partial charge on any atom is 0.119 e. The van der Waals surface area contributed by atoms with Gasteiger partial charge in [-0.1, -0.05) is 36.4 Å². The van der Waals surface area contributed by atoms with E-state index >= 15 is 0 Å². The van der Waals surface area contributed by atoms with Gasteiger partial charge in [0.15, 0.2) is 0 Å². The summed E-state index contributed by atoms with van der Waals surface area (Å²) in [5.41, 5.74) is 4.29. The molecule has 3 rings (SSSR count). The molecular weight excluding hydrogens is 246 g/mol. The Balaban J connectivity index is 1.73. The van der Waals surface area contributed by atoms with Crippen LogP contribution in [0.1, 0.15) is 29.0 Å². The summed E-state index contributed by atoms with van der Waals surface area (Å²) in [7, 11) is 1.73. The van der Waals surface area contributed by atoms with E-state index in [1.807, 2.05) is 0 Å². The molecule has 2 nitrogen and oxygen atoms in total. The van der Waals surface area contributed by atoms with Crippen LogP contribution < -0.4 is 10.1 Å². The Morgan fingerprint density at radius 2 is 2.00 bits per heavy atom. The van der Waals surface area contributed by atoms with E-state index in [9.17, 15) is 0 Å². The molecule has 0 amide bonds. The summed E-state index contributed by atoms with van der Waals surface area (Å²) in [6.07, 6.45) is 2.33. The van der Waals surface area contributed by atoms with Gasteiger partial charge < -0.3 is 10.1 Å². The average Bonchev–Trinajstić information content (AvgIpc) is 2.53. The molecule has 0 aliphatic carbocycles. The second kappa shape index (κ2) is 6.10. The summed E-state index contributed by atoms with van der Waals surface area (Å²) >= 11 is 0. The lowest BCUT2D eigenvalue weighted by Crippen LogP contribution is -2.28. The normalized spacial score (nSPS) is 17.6. The van der Waals surface area contributed by atoms with Crippen LogP contribution in [0.4, 0.5) is 0 Å². The highest BCUT2D eigenvalue weighted by Gasteiger charge is 2.20. The van der Waals surface area contributed by atoms with Gasteiger partial charge in [-0.3, -0.25) is 0 Å². The zero-order chi connectivity index (χ0) is 13.8. The van der Waals surface area contributed by atoms with Crippen LogP contribution in [0.3, 0.4) is 0 Å². The molecule has 2 aromatic rings. The summed E-state index contributed by atoms with van der Waals surface area (Å²) in [4.78, 5) is 0. The SMILES string of the molecule is COc1ccc2c(c1)CNCC2CCc1ccccc1. The zero-order valence-corrected chi connectivity index (χ0v) is 11.9. The highest BCUT2D eigenvalue weighted by atomic mass is 16.5. The van der Waals surface area contributed by atoms with Crippen LogP contribution in [0.2, 0.25) is 0 Å². The molecule has 104 valence electrons. The Kier molecular flexibility index (Phi) is 4.03. The van der Waals surface area contributed by atoms with Crippen molar-refractivity contribution in [2.75, 3.05) is 13.7 Å². The van der Waals surface area contributed by atoms with Gasteiger partial charge >= 0.3 is 0 Å². The maximum absolute atomic E-state index is 5.32. The molecule has 2 heteroatoms. The number of benzene rings is 2. The molecule has 1 atom stereocenters. The molecule has 20 heavy (non-hydrogen) atoms. The van der Waals surface area contributed by atoms with Gasteiger partial charge in [-0.05, 0) is 47.6 Å². The first-order valence-corrected chi connectivity index (χ1v) is 7.28. The summed E-state index contributed by atoms with van der Waals surface area (Å²) in [6, 6.07) is 17.2. The summed E-state index contributed by atoms with van der Waals surface area (Å²) in [5, 5.41) is 3.52. The Morgan fingerprint density at radius 3 is 2.80 bits per heavy atom. The number of methoxy groups -OCH3 is 1. The van der Waals surface area contributed by atoms with E-state index in [2.05, 4.69) is 53.8 Å². The Bertz CT molecular complexity index is 565. The quantitative estimate of drug-likeness (QED) is 0.915. The lowest BCUT2D eigenvalue weighted by atomic mass is 9.86. The summed E-state index contributed by atoms with van der Waals surface area (Å²) in [6.45, 7) is 2.03. The van der Waals surface area contributed by atoms with Crippen LogP contribution in [0.5, 0.6) is 5.75 Å². The fraction of sp³-hybridized carbons (Fsp3) is 0.333. The van der Waals surface area contributed by atoms with E-state index in [-0.39, 0.29) is 0 Å². The fourth-order valence-corrected chi connectivity index (χ4v) is 2.99. The van der Waals surface area contributed by atoms with E-state index in [1.54, 1.807) is 7.11 Å². The molecule has 0 saturated heterocycles. The van der Waals surface area contributed by atoms with Crippen LogP contribution in [0.25, 0.3) is 0 Å². The number of aryl methyl sites for hydroxylation is 1. The second-order valence-corrected chi connectivity index (χ2v) is 5.42. The van der Waals surface area contributed by atoms with Crippen LogP contribution in [-0.4, -0.2) is 13.7 Å². The second-order valence-electron chi connectivity index (χ2n) is 5.42. The molecule has 0 fully saturated rings. The zero-order valence-electron chi connectivity index (χ0n) is 11.9. The van der Waals surface area contributed by atoms with Crippen molar-refractivity contribution >= 4 is 0 Å². The van der Waals surface area contributed by atoms with Crippen LogP contribution >= 0.6 is 0 Å². The van der Waals surface area contributed by atoms with Crippen molar-refractivity contribution in [3.05, 3.63) is 65.2 Å². The molecule has 1 N–H and O–H groups in total. The van der Waals surface area contributed by atoms with Crippen molar-refractivity contribution in [2.45, 2.75) is 25.3 Å². The lowest BCUT2D eigenvalue weighted by Gasteiger charge is -2.27. The van der Waals surface area contributed by atoms with Gasteiger partial charge in [-0.15, -0.1) is 0 Å². The predicted octanol–water partition coefficient (Wildman–Crippen LogP) is 3.51. The van der Waals surface area contributed by atoms with E-state index in [0.717, 1.165) is 25.3 Å². The molecule has 0 aromatic heterocycles. The minimum atomic E-state index is 0.602. The Hall–Kier alpha value is -1.80. The monoisotopic (exact) mass is 267 g/mol. The van der Waals surface area contributed by atoms with Crippen LogP contribution in [-0.2, 0) is 13.0 Å². The predicted molar refractivity (Wildman–Crippen MR) is 82.2 cm³/mol. The highest BCUT2D eigenvalue weighted by Crippen LogP contribution is 2.30. The van der Waals surface area contributed by atoms with Gasteiger partial charge in [0.1, 0.15) is 5.75 Å². The molecule has 1 aliphatic rings. The van der Waals surface area contributed by atoms with E-state index < -0.39 is 0 Å². The number of rotatable bonds is 4. The first-order chi connectivity index (χ1) is 9.86. The molecule has 2 aromatic carbocycles. The lowest BCUT2D eigenvalue weighted by molar-refractivity contribution is 0.412. The molecule has 0 radical (unpaired) electrons. The highest BCUT2D eigenvalue weighted by molar-refractivity contribution is 5.39. The standard InChI is InChI=1S/C18H21NO/c1-20-17-9-10-18-15(12-19-13-16(18)11-17)8-7-14-5-3-2-4-6-14/h2-6,9-11,15,19H,7-8,12-13H2,1H3. The largest absolute Gasteiger partial charge is 0.497 e. The van der Waals surface area contributed by atoms with Gasteiger partial charge in [0.25, 0.3) is 0 Å². The van der Waals surface area contributed by atoms with Crippen molar-refractivity contribution < 1.29 is 4.74 Å². The summed E-state index contributed by atoms with van der Waals surface area (Å²) in [5.74, 6) is 1.55. The van der Waals surface area contributed by atoms with E-state index in [4.69, 9.17) is 4.74 Å². The topological polar surface area (TPSA) is 21.3 Å². The molecule has 1 heterocycles. The first kappa shape index (κ1) is 13.2. The van der Waals surface area contributed by atoms with Crippen LogP contribution in [0.15, 0.2) is 48.5 Å². The molecule has 0 saturated carbocycles. The number of fused-ring (bicyclic) bond motifs is 1. The van der Waals surface area contributed by atoms with Gasteiger partial charge in [-0.2, -0.15) is 0 Å². The van der Waals surface area contributed by atoms with E-state index in [1.165, 1.54) is 23.1 Å². The number of hydrogen-bond acceptors (Lipinski definition) is 2. The third kappa shape index (κ3) is 2.86. The third-order valence-corrected chi connectivity index (χ3v) is 4.12. The van der Waals surface area contributed by atoms with E-state index in [0.29, 0.717) is 5.92 Å². The Labute approximate surface area is 120 Å². The first-order valence-electron chi connectivity index (χ1n) is 7.28. The van der Waals surface area contributed by atoms with Crippen LogP contribution in [0, 0.1) is 0 Å². The van der Waals surface area contributed by atoms with Gasteiger partial charge in [0.05, 0.1) is 7.11 Å². The number of hydrogen-bond donors (Lipinski definition) is 1. The van der Waals surface area contributed by atoms with Crippen molar-refractivity contribution in [1.29, 1.82) is 0 Å². The minimum Gasteiger partial charge on any atom is -0.497 e. The smallest absolute Gasteiger partial charge is 0.119 e. The molecule has 1 aliphatic heterocycles. The number of ether oxygens (including phenoxy) is 1. The van der Waals surface area contributed by atoms with Gasteiger partial charge in [0, 0.05) is 13.1 Å². The Morgan fingerprint density at radius 1 is 1.15 bits per heavy atom. The van der Waals surface area contributed by atoms with Crippen molar-refractivity contribution in [3.8, 4) is 5.75 Å². The minimum absolute atomic E-state index is 0.602.